The summed E-state index contributed by atoms with van der Waals surface area (Å²) in [6, 6.07) is 8.17. The molecule has 0 heterocycles. The Hall–Kier alpha value is -1.06. The molecule has 0 aliphatic carbocycles. The molecule has 1 aromatic carbocycles. The van der Waals surface area contributed by atoms with Crippen molar-refractivity contribution in [3.63, 3.8) is 0 Å². The summed E-state index contributed by atoms with van der Waals surface area (Å²) in [5, 5.41) is 0. The Kier molecular flexibility index (Phi) is 8.31. The first-order valence-electron chi connectivity index (χ1n) is 7.70. The predicted octanol–water partition coefficient (Wildman–Crippen LogP) is 3.93. The number of benzene rings is 1. The largest absolute Gasteiger partial charge is 0.491 e. The Morgan fingerprint density at radius 1 is 1.05 bits per heavy atom. The first-order valence-corrected chi connectivity index (χ1v) is 7.70. The average Bonchev–Trinajstić information content (AvgIpc) is 2.47. The zero-order valence-corrected chi connectivity index (χ0v) is 13.1. The van der Waals surface area contributed by atoms with Crippen LogP contribution in [-0.4, -0.2) is 20.3 Å². The van der Waals surface area contributed by atoms with Crippen molar-refractivity contribution in [2.24, 2.45) is 11.7 Å². The summed E-state index contributed by atoms with van der Waals surface area (Å²) >= 11 is 0. The number of nitrogens with two attached hydrogens (primary N) is 1. The van der Waals surface area contributed by atoms with Gasteiger partial charge in [-0.1, -0.05) is 44.9 Å². The molecule has 3 heteroatoms. The van der Waals surface area contributed by atoms with Gasteiger partial charge in [0.15, 0.2) is 0 Å². The monoisotopic (exact) mass is 279 g/mol. The molecular weight excluding hydrogens is 250 g/mol. The SMILES string of the molecule is CCCC(CCC)C(N)c1ccccc1OCCOC. The number of methoxy groups -OCH3 is 1. The lowest BCUT2D eigenvalue weighted by molar-refractivity contribution is 0.145. The van der Waals surface area contributed by atoms with E-state index in [9.17, 15) is 0 Å². The fraction of sp³-hybridized carbons (Fsp3) is 0.647. The maximum atomic E-state index is 6.51. The Balaban J connectivity index is 2.81. The predicted molar refractivity (Wildman–Crippen MR) is 84.0 cm³/mol. The minimum absolute atomic E-state index is 0.0497. The highest BCUT2D eigenvalue weighted by atomic mass is 16.5. The summed E-state index contributed by atoms with van der Waals surface area (Å²) < 4.78 is 10.8. The van der Waals surface area contributed by atoms with Gasteiger partial charge in [0, 0.05) is 18.7 Å². The quantitative estimate of drug-likeness (QED) is 0.660. The third kappa shape index (κ3) is 5.14. The molecule has 0 aromatic heterocycles. The van der Waals surface area contributed by atoms with E-state index in [-0.39, 0.29) is 6.04 Å². The van der Waals surface area contributed by atoms with E-state index in [2.05, 4.69) is 19.9 Å². The Bertz CT molecular complexity index is 362. The molecule has 0 radical (unpaired) electrons. The van der Waals surface area contributed by atoms with Gasteiger partial charge in [-0.25, -0.2) is 0 Å². The Morgan fingerprint density at radius 2 is 1.70 bits per heavy atom. The molecule has 0 fully saturated rings. The average molecular weight is 279 g/mol. The third-order valence-corrected chi connectivity index (χ3v) is 3.65. The highest BCUT2D eigenvalue weighted by Gasteiger charge is 2.21. The van der Waals surface area contributed by atoms with Crippen molar-refractivity contribution < 1.29 is 9.47 Å². The number of ether oxygens (including phenoxy) is 2. The standard InChI is InChI=1S/C17H29NO2/c1-4-8-14(9-5-2)17(18)15-10-6-7-11-16(15)20-13-12-19-3/h6-7,10-11,14,17H,4-5,8-9,12-13,18H2,1-3H3. The van der Waals surface area contributed by atoms with Crippen LogP contribution in [0.3, 0.4) is 0 Å². The molecule has 1 rings (SSSR count). The van der Waals surface area contributed by atoms with Gasteiger partial charge in [0.05, 0.1) is 6.61 Å². The van der Waals surface area contributed by atoms with E-state index in [4.69, 9.17) is 15.2 Å². The summed E-state index contributed by atoms with van der Waals surface area (Å²) in [5.74, 6) is 1.42. The third-order valence-electron chi connectivity index (χ3n) is 3.65. The van der Waals surface area contributed by atoms with Crippen LogP contribution >= 0.6 is 0 Å². The molecule has 0 aliphatic heterocycles. The Labute approximate surface area is 123 Å². The smallest absolute Gasteiger partial charge is 0.124 e. The van der Waals surface area contributed by atoms with E-state index < -0.39 is 0 Å². The summed E-state index contributed by atoms with van der Waals surface area (Å²) in [5.41, 5.74) is 7.63. The normalized spacial score (nSPS) is 12.7. The van der Waals surface area contributed by atoms with Crippen LogP contribution in [0, 0.1) is 5.92 Å². The van der Waals surface area contributed by atoms with Gasteiger partial charge >= 0.3 is 0 Å². The van der Waals surface area contributed by atoms with Gasteiger partial charge in [-0.05, 0) is 24.8 Å². The molecule has 1 atom stereocenters. The molecule has 0 saturated carbocycles. The fourth-order valence-electron chi connectivity index (χ4n) is 2.62. The minimum atomic E-state index is 0.0497. The molecule has 1 aromatic rings. The number of rotatable bonds is 10. The van der Waals surface area contributed by atoms with Gasteiger partial charge < -0.3 is 15.2 Å². The van der Waals surface area contributed by atoms with E-state index >= 15 is 0 Å². The molecular formula is C17H29NO2. The summed E-state index contributed by atoms with van der Waals surface area (Å²) in [7, 11) is 1.68. The van der Waals surface area contributed by atoms with Crippen LogP contribution in [0.1, 0.15) is 51.1 Å². The summed E-state index contributed by atoms with van der Waals surface area (Å²) in [4.78, 5) is 0. The molecule has 3 nitrogen and oxygen atoms in total. The van der Waals surface area contributed by atoms with E-state index in [1.807, 2.05) is 18.2 Å². The van der Waals surface area contributed by atoms with Crippen molar-refractivity contribution in [3.8, 4) is 5.75 Å². The number of hydrogen-bond donors (Lipinski definition) is 1. The lowest BCUT2D eigenvalue weighted by Crippen LogP contribution is -2.22. The van der Waals surface area contributed by atoms with Crippen molar-refractivity contribution in [3.05, 3.63) is 29.8 Å². The Morgan fingerprint density at radius 3 is 2.30 bits per heavy atom. The van der Waals surface area contributed by atoms with E-state index in [0.29, 0.717) is 19.1 Å². The highest BCUT2D eigenvalue weighted by molar-refractivity contribution is 5.36. The molecule has 0 spiro atoms. The summed E-state index contributed by atoms with van der Waals surface area (Å²) in [6.07, 6.45) is 4.68. The second kappa shape index (κ2) is 9.78. The molecule has 114 valence electrons. The number of para-hydroxylation sites is 1. The van der Waals surface area contributed by atoms with Crippen molar-refractivity contribution in [1.29, 1.82) is 0 Å². The molecule has 20 heavy (non-hydrogen) atoms. The van der Waals surface area contributed by atoms with Crippen LogP contribution in [0.15, 0.2) is 24.3 Å². The molecule has 1 unspecified atom stereocenters. The number of hydrogen-bond acceptors (Lipinski definition) is 3. The van der Waals surface area contributed by atoms with Crippen LogP contribution in [0.25, 0.3) is 0 Å². The van der Waals surface area contributed by atoms with Gasteiger partial charge in [-0.15, -0.1) is 0 Å². The van der Waals surface area contributed by atoms with Crippen LogP contribution < -0.4 is 10.5 Å². The van der Waals surface area contributed by atoms with Gasteiger partial charge in [0.2, 0.25) is 0 Å². The molecule has 2 N–H and O–H groups in total. The van der Waals surface area contributed by atoms with E-state index in [0.717, 1.165) is 11.3 Å². The first-order chi connectivity index (χ1) is 9.74. The molecule has 0 amide bonds. The van der Waals surface area contributed by atoms with E-state index in [1.165, 1.54) is 25.7 Å². The van der Waals surface area contributed by atoms with Crippen molar-refractivity contribution in [1.82, 2.24) is 0 Å². The first kappa shape index (κ1) is 17.0. The molecule has 0 bridgehead atoms. The van der Waals surface area contributed by atoms with Crippen molar-refractivity contribution >= 4 is 0 Å². The van der Waals surface area contributed by atoms with Crippen LogP contribution in [0.4, 0.5) is 0 Å². The van der Waals surface area contributed by atoms with Gasteiger partial charge in [0.1, 0.15) is 12.4 Å². The van der Waals surface area contributed by atoms with Crippen molar-refractivity contribution in [2.75, 3.05) is 20.3 Å². The van der Waals surface area contributed by atoms with E-state index in [1.54, 1.807) is 7.11 Å². The highest BCUT2D eigenvalue weighted by Crippen LogP contribution is 2.33. The minimum Gasteiger partial charge on any atom is -0.491 e. The van der Waals surface area contributed by atoms with Gasteiger partial charge in [-0.2, -0.15) is 0 Å². The van der Waals surface area contributed by atoms with Gasteiger partial charge in [0.25, 0.3) is 0 Å². The second-order valence-corrected chi connectivity index (χ2v) is 5.24. The van der Waals surface area contributed by atoms with Crippen LogP contribution in [0.5, 0.6) is 5.75 Å². The zero-order chi connectivity index (χ0) is 14.8. The van der Waals surface area contributed by atoms with Crippen molar-refractivity contribution in [2.45, 2.75) is 45.6 Å². The fourth-order valence-corrected chi connectivity index (χ4v) is 2.62. The molecule has 0 aliphatic rings. The second-order valence-electron chi connectivity index (χ2n) is 5.24. The lowest BCUT2D eigenvalue weighted by Gasteiger charge is -2.25. The lowest BCUT2D eigenvalue weighted by atomic mass is 9.86. The van der Waals surface area contributed by atoms with Gasteiger partial charge in [-0.3, -0.25) is 0 Å². The zero-order valence-electron chi connectivity index (χ0n) is 13.1. The maximum absolute atomic E-state index is 6.51. The summed E-state index contributed by atoms with van der Waals surface area (Å²) in [6.45, 7) is 5.59. The molecule has 0 saturated heterocycles. The topological polar surface area (TPSA) is 44.5 Å². The maximum Gasteiger partial charge on any atom is 0.124 e. The van der Waals surface area contributed by atoms with Crippen LogP contribution in [-0.2, 0) is 4.74 Å². The van der Waals surface area contributed by atoms with Crippen LogP contribution in [0.2, 0.25) is 0 Å².